The lowest BCUT2D eigenvalue weighted by Gasteiger charge is -1.96. The molecule has 0 aliphatic rings. The topological polar surface area (TPSA) is 0 Å². The molecule has 0 aliphatic heterocycles. The van der Waals surface area contributed by atoms with E-state index in [1.807, 2.05) is 0 Å². The minimum absolute atomic E-state index is 0.194. The molecule has 0 radical (unpaired) electrons. The molecule has 1 rings (SSSR count). The molecular formula is C10H14Cl2. The zero-order chi connectivity index (χ0) is 9.56. The van der Waals surface area contributed by atoms with Crippen molar-refractivity contribution in [2.24, 2.45) is 0 Å². The number of hydrogen-bond donors (Lipinski definition) is 0. The molecule has 0 aromatic heterocycles. The van der Waals surface area contributed by atoms with E-state index in [9.17, 15) is 0 Å². The zero-order valence-electron chi connectivity index (χ0n) is 7.70. The van der Waals surface area contributed by atoms with Gasteiger partial charge in [0.05, 0.1) is 5.34 Å². The lowest BCUT2D eigenvalue weighted by atomic mass is 10.1. The number of alkyl halides is 2. The van der Waals surface area contributed by atoms with Gasteiger partial charge in [-0.25, -0.2) is 0 Å². The van der Waals surface area contributed by atoms with Gasteiger partial charge in [-0.2, -0.15) is 0 Å². The Morgan fingerprint density at radius 2 is 1.00 bits per heavy atom. The molecule has 0 atom stereocenters. The van der Waals surface area contributed by atoms with E-state index in [-0.39, 0.29) is 5.34 Å². The standard InChI is InChI=1S/C9H12.CH2Cl2/c1-7-4-8(2)6-9(3)5-7;2-1-3/h4-6H,1-3H3;1H2. The van der Waals surface area contributed by atoms with E-state index < -0.39 is 0 Å². The summed E-state index contributed by atoms with van der Waals surface area (Å²) in [5.74, 6) is 0. The van der Waals surface area contributed by atoms with Gasteiger partial charge in [0.15, 0.2) is 0 Å². The molecule has 2 heteroatoms. The Balaban J connectivity index is 0.000000354. The Kier molecular flexibility index (Phi) is 6.23. The van der Waals surface area contributed by atoms with Crippen molar-refractivity contribution in [3.05, 3.63) is 34.9 Å². The molecule has 0 fully saturated rings. The highest BCUT2D eigenvalue weighted by Gasteiger charge is 1.87. The second-order valence-electron chi connectivity index (χ2n) is 2.77. The maximum Gasteiger partial charge on any atom is 0.0967 e. The minimum Gasteiger partial charge on any atom is -0.109 e. The maximum atomic E-state index is 4.76. The molecule has 0 amide bonds. The van der Waals surface area contributed by atoms with Crippen molar-refractivity contribution in [3.8, 4) is 0 Å². The van der Waals surface area contributed by atoms with Crippen LogP contribution in [0.4, 0.5) is 0 Å². The number of benzene rings is 1. The fraction of sp³-hybridized carbons (Fsp3) is 0.400. The second kappa shape index (κ2) is 6.33. The van der Waals surface area contributed by atoms with Gasteiger partial charge in [-0.05, 0) is 20.8 Å². The Morgan fingerprint density at radius 3 is 1.17 bits per heavy atom. The molecule has 12 heavy (non-hydrogen) atoms. The van der Waals surface area contributed by atoms with Crippen molar-refractivity contribution in [3.63, 3.8) is 0 Å². The Morgan fingerprint density at radius 1 is 0.833 bits per heavy atom. The first-order valence-corrected chi connectivity index (χ1v) is 4.84. The Hall–Kier alpha value is -0.200. The van der Waals surface area contributed by atoms with Crippen LogP contribution in [0, 0.1) is 20.8 Å². The van der Waals surface area contributed by atoms with Gasteiger partial charge in [0.25, 0.3) is 0 Å². The van der Waals surface area contributed by atoms with Gasteiger partial charge >= 0.3 is 0 Å². The number of rotatable bonds is 0. The zero-order valence-corrected chi connectivity index (χ0v) is 9.21. The summed E-state index contributed by atoms with van der Waals surface area (Å²) < 4.78 is 0. The highest BCUT2D eigenvalue weighted by molar-refractivity contribution is 6.40. The quantitative estimate of drug-likeness (QED) is 0.561. The van der Waals surface area contributed by atoms with Crippen molar-refractivity contribution in [1.29, 1.82) is 0 Å². The van der Waals surface area contributed by atoms with Gasteiger partial charge in [0, 0.05) is 0 Å². The summed E-state index contributed by atoms with van der Waals surface area (Å²) in [5, 5.41) is 0.194. The highest BCUT2D eigenvalue weighted by atomic mass is 35.5. The predicted molar refractivity (Wildman–Crippen MR) is 57.2 cm³/mol. The molecule has 0 nitrogen and oxygen atoms in total. The smallest absolute Gasteiger partial charge is 0.0967 e. The van der Waals surface area contributed by atoms with Crippen LogP contribution in [0.15, 0.2) is 18.2 Å². The molecular weight excluding hydrogens is 191 g/mol. The normalized spacial score (nSPS) is 8.75. The van der Waals surface area contributed by atoms with E-state index in [1.165, 1.54) is 16.7 Å². The first kappa shape index (κ1) is 11.8. The molecule has 0 spiro atoms. The summed E-state index contributed by atoms with van der Waals surface area (Å²) in [6.45, 7) is 6.38. The SMILES string of the molecule is Cc1cc(C)cc(C)c1.ClCCl. The lowest BCUT2D eigenvalue weighted by Crippen LogP contribution is -1.78. The van der Waals surface area contributed by atoms with E-state index in [0.717, 1.165) is 0 Å². The van der Waals surface area contributed by atoms with Crippen molar-refractivity contribution in [1.82, 2.24) is 0 Å². The average molecular weight is 205 g/mol. The second-order valence-corrected chi connectivity index (χ2v) is 3.57. The molecule has 0 saturated carbocycles. The van der Waals surface area contributed by atoms with Gasteiger partial charge in [-0.1, -0.05) is 34.9 Å². The Labute approximate surface area is 84.5 Å². The van der Waals surface area contributed by atoms with Crippen molar-refractivity contribution >= 4 is 23.2 Å². The van der Waals surface area contributed by atoms with E-state index in [1.54, 1.807) is 0 Å². The van der Waals surface area contributed by atoms with E-state index in [4.69, 9.17) is 23.2 Å². The molecule has 0 aliphatic carbocycles. The van der Waals surface area contributed by atoms with Crippen molar-refractivity contribution < 1.29 is 0 Å². The van der Waals surface area contributed by atoms with Crippen LogP contribution in [0.25, 0.3) is 0 Å². The Bertz CT molecular complexity index is 181. The number of aryl methyl sites for hydroxylation is 3. The maximum absolute atomic E-state index is 4.76. The summed E-state index contributed by atoms with van der Waals surface area (Å²) in [5.41, 5.74) is 4.06. The molecule has 0 saturated heterocycles. The molecule has 0 N–H and O–H groups in total. The molecule has 0 heterocycles. The fourth-order valence-corrected chi connectivity index (χ4v) is 1.20. The average Bonchev–Trinajstić information content (AvgIpc) is 1.84. The third-order valence-corrected chi connectivity index (χ3v) is 1.37. The fourth-order valence-electron chi connectivity index (χ4n) is 1.20. The van der Waals surface area contributed by atoms with Crippen LogP contribution in [0.5, 0.6) is 0 Å². The summed E-state index contributed by atoms with van der Waals surface area (Å²) in [4.78, 5) is 0. The summed E-state index contributed by atoms with van der Waals surface area (Å²) in [7, 11) is 0. The van der Waals surface area contributed by atoms with Crippen LogP contribution in [0.2, 0.25) is 0 Å². The van der Waals surface area contributed by atoms with Crippen molar-refractivity contribution in [2.45, 2.75) is 20.8 Å². The van der Waals surface area contributed by atoms with Crippen LogP contribution in [0.3, 0.4) is 0 Å². The van der Waals surface area contributed by atoms with Gasteiger partial charge in [0.1, 0.15) is 0 Å². The summed E-state index contributed by atoms with van der Waals surface area (Å²) in [6.07, 6.45) is 0. The number of halogens is 2. The van der Waals surface area contributed by atoms with Gasteiger partial charge in [0.2, 0.25) is 0 Å². The predicted octanol–water partition coefficient (Wildman–Crippen LogP) is 4.03. The molecule has 0 unspecified atom stereocenters. The largest absolute Gasteiger partial charge is 0.109 e. The van der Waals surface area contributed by atoms with Crippen LogP contribution in [-0.2, 0) is 0 Å². The summed E-state index contributed by atoms with van der Waals surface area (Å²) >= 11 is 9.53. The van der Waals surface area contributed by atoms with Crippen LogP contribution in [-0.4, -0.2) is 5.34 Å². The van der Waals surface area contributed by atoms with Crippen LogP contribution >= 0.6 is 23.2 Å². The van der Waals surface area contributed by atoms with Crippen molar-refractivity contribution in [2.75, 3.05) is 5.34 Å². The molecule has 1 aromatic rings. The van der Waals surface area contributed by atoms with Gasteiger partial charge in [-0.15, -0.1) is 23.2 Å². The van der Waals surface area contributed by atoms with Gasteiger partial charge < -0.3 is 0 Å². The molecule has 1 aromatic carbocycles. The monoisotopic (exact) mass is 204 g/mol. The summed E-state index contributed by atoms with van der Waals surface area (Å²) in [6, 6.07) is 6.56. The van der Waals surface area contributed by atoms with Gasteiger partial charge in [-0.3, -0.25) is 0 Å². The first-order chi connectivity index (χ1) is 5.60. The van der Waals surface area contributed by atoms with E-state index >= 15 is 0 Å². The minimum atomic E-state index is 0.194. The number of hydrogen-bond acceptors (Lipinski definition) is 0. The third-order valence-electron chi connectivity index (χ3n) is 1.37. The van der Waals surface area contributed by atoms with E-state index in [0.29, 0.717) is 0 Å². The third kappa shape index (κ3) is 5.45. The lowest BCUT2D eigenvalue weighted by molar-refractivity contribution is 1.32. The molecule has 0 bridgehead atoms. The molecule has 68 valence electrons. The highest BCUT2D eigenvalue weighted by Crippen LogP contribution is 2.06. The first-order valence-electron chi connectivity index (χ1n) is 3.77. The van der Waals surface area contributed by atoms with Crippen LogP contribution in [0.1, 0.15) is 16.7 Å². The van der Waals surface area contributed by atoms with E-state index in [2.05, 4.69) is 39.0 Å². The van der Waals surface area contributed by atoms with Crippen LogP contribution < -0.4 is 0 Å².